The van der Waals surface area contributed by atoms with Gasteiger partial charge in [-0.3, -0.25) is 14.6 Å². The van der Waals surface area contributed by atoms with E-state index in [0.29, 0.717) is 17.0 Å². The Morgan fingerprint density at radius 3 is 2.62 bits per heavy atom. The molecule has 4 nitrogen and oxygen atoms in total. The lowest BCUT2D eigenvalue weighted by Crippen LogP contribution is -2.33. The Hall–Kier alpha value is -3.05. The summed E-state index contributed by atoms with van der Waals surface area (Å²) < 4.78 is 0. The van der Waals surface area contributed by atoms with Crippen molar-refractivity contribution in [1.29, 1.82) is 0 Å². The Morgan fingerprint density at radius 1 is 1.08 bits per heavy atom. The molecular formula is C21H16N2O2S. The van der Waals surface area contributed by atoms with E-state index in [1.165, 1.54) is 11.3 Å². The highest BCUT2D eigenvalue weighted by Gasteiger charge is 2.32. The van der Waals surface area contributed by atoms with Gasteiger partial charge in [0.1, 0.15) is 0 Å². The van der Waals surface area contributed by atoms with Gasteiger partial charge in [-0.05, 0) is 30.0 Å². The van der Waals surface area contributed by atoms with Crippen LogP contribution in [-0.2, 0) is 4.79 Å². The van der Waals surface area contributed by atoms with Crippen LogP contribution in [-0.4, -0.2) is 23.4 Å². The number of hydrogen-bond donors (Lipinski definition) is 1. The molecule has 26 heavy (non-hydrogen) atoms. The van der Waals surface area contributed by atoms with Gasteiger partial charge in [-0.2, -0.15) is 11.3 Å². The normalized spacial score (nSPS) is 16.3. The highest BCUT2D eigenvalue weighted by Crippen LogP contribution is 2.28. The summed E-state index contributed by atoms with van der Waals surface area (Å²) in [5.41, 5.74) is 4.57. The molecule has 1 unspecified atom stereocenters. The molecule has 5 heteroatoms. The quantitative estimate of drug-likeness (QED) is 0.565. The molecule has 1 amide bonds. The first-order valence-corrected chi connectivity index (χ1v) is 9.20. The first kappa shape index (κ1) is 16.4. The van der Waals surface area contributed by atoms with Crippen molar-refractivity contribution in [1.82, 2.24) is 0 Å². The van der Waals surface area contributed by atoms with Crippen molar-refractivity contribution >= 4 is 34.4 Å². The van der Waals surface area contributed by atoms with E-state index in [1.807, 2.05) is 60.8 Å². The number of carbonyl (C=O) groups is 2. The first-order chi connectivity index (χ1) is 12.6. The Morgan fingerprint density at radius 2 is 1.88 bits per heavy atom. The van der Waals surface area contributed by atoms with Crippen molar-refractivity contribution in [3.05, 3.63) is 87.6 Å². The number of anilines is 1. The SMILES string of the molecule is Cc1cccc2c1C(c1ccccc1)=NC(C(=O)c1ccsc1)C(=O)N2. The molecular weight excluding hydrogens is 344 g/mol. The molecule has 1 N–H and O–H groups in total. The average Bonchev–Trinajstić information content (AvgIpc) is 3.14. The number of benzodiazepines with no additional fused rings is 1. The molecule has 1 aromatic heterocycles. The number of benzene rings is 2. The van der Waals surface area contributed by atoms with E-state index in [-0.39, 0.29) is 5.78 Å². The van der Waals surface area contributed by atoms with Gasteiger partial charge in [0.05, 0.1) is 11.4 Å². The monoisotopic (exact) mass is 360 g/mol. The van der Waals surface area contributed by atoms with Crippen LogP contribution in [0.15, 0.2) is 70.3 Å². The number of nitrogens with one attached hydrogen (secondary N) is 1. The Labute approximate surface area is 155 Å². The van der Waals surface area contributed by atoms with Crippen molar-refractivity contribution < 1.29 is 9.59 Å². The second-order valence-corrected chi connectivity index (χ2v) is 6.89. The van der Waals surface area contributed by atoms with Gasteiger partial charge in [-0.25, -0.2) is 0 Å². The Bertz CT molecular complexity index is 1010. The molecule has 1 atom stereocenters. The first-order valence-electron chi connectivity index (χ1n) is 8.25. The summed E-state index contributed by atoms with van der Waals surface area (Å²) in [4.78, 5) is 30.3. The van der Waals surface area contributed by atoms with E-state index in [1.54, 1.807) is 11.4 Å². The molecule has 0 spiro atoms. The zero-order chi connectivity index (χ0) is 18.1. The van der Waals surface area contributed by atoms with Crippen molar-refractivity contribution in [2.24, 2.45) is 4.99 Å². The van der Waals surface area contributed by atoms with E-state index in [2.05, 4.69) is 10.3 Å². The summed E-state index contributed by atoms with van der Waals surface area (Å²) in [5.74, 6) is -0.693. The van der Waals surface area contributed by atoms with Crippen molar-refractivity contribution in [2.75, 3.05) is 5.32 Å². The topological polar surface area (TPSA) is 58.5 Å². The third-order valence-electron chi connectivity index (χ3n) is 4.38. The van der Waals surface area contributed by atoms with E-state index in [4.69, 9.17) is 0 Å². The van der Waals surface area contributed by atoms with Crippen LogP contribution >= 0.6 is 11.3 Å². The van der Waals surface area contributed by atoms with Crippen molar-refractivity contribution in [3.8, 4) is 0 Å². The molecule has 3 aromatic rings. The van der Waals surface area contributed by atoms with Crippen LogP contribution in [0.1, 0.15) is 27.0 Å². The molecule has 128 valence electrons. The lowest BCUT2D eigenvalue weighted by atomic mass is 9.96. The minimum Gasteiger partial charge on any atom is -0.323 e. The molecule has 1 aliphatic heterocycles. The van der Waals surface area contributed by atoms with E-state index in [9.17, 15) is 9.59 Å². The molecule has 4 rings (SSSR count). The summed E-state index contributed by atoms with van der Waals surface area (Å²) in [5, 5.41) is 6.45. The van der Waals surface area contributed by atoms with Crippen LogP contribution in [0.3, 0.4) is 0 Å². The van der Waals surface area contributed by atoms with Crippen molar-refractivity contribution in [3.63, 3.8) is 0 Å². The fourth-order valence-electron chi connectivity index (χ4n) is 3.09. The molecule has 2 heterocycles. The van der Waals surface area contributed by atoms with Crippen LogP contribution in [0.4, 0.5) is 5.69 Å². The predicted molar refractivity (Wildman–Crippen MR) is 104 cm³/mol. The summed E-state index contributed by atoms with van der Waals surface area (Å²) >= 11 is 1.42. The Kier molecular flexibility index (Phi) is 4.22. The second kappa shape index (κ2) is 6.69. The number of thiophene rings is 1. The number of rotatable bonds is 3. The number of aryl methyl sites for hydroxylation is 1. The lowest BCUT2D eigenvalue weighted by Gasteiger charge is -2.12. The Balaban J connectivity index is 1.92. The number of aliphatic imine (C=N–C) groups is 1. The largest absolute Gasteiger partial charge is 0.323 e. The van der Waals surface area contributed by atoms with Gasteiger partial charge in [0.25, 0.3) is 5.91 Å². The van der Waals surface area contributed by atoms with Crippen LogP contribution < -0.4 is 5.32 Å². The molecule has 0 aliphatic carbocycles. The standard InChI is InChI=1S/C21H16N2O2S/c1-13-6-5-9-16-17(13)18(14-7-3-2-4-8-14)23-19(21(25)22-16)20(24)15-10-11-26-12-15/h2-12,19H,1H3,(H,22,25). The average molecular weight is 360 g/mol. The number of Topliss-reactive ketones (excluding diaryl/α,β-unsaturated/α-hetero) is 1. The van der Waals surface area contributed by atoms with Gasteiger partial charge < -0.3 is 5.32 Å². The zero-order valence-electron chi connectivity index (χ0n) is 14.1. The summed E-state index contributed by atoms with van der Waals surface area (Å²) in [6.07, 6.45) is 0. The lowest BCUT2D eigenvalue weighted by molar-refractivity contribution is -0.116. The predicted octanol–water partition coefficient (Wildman–Crippen LogP) is 4.10. The second-order valence-electron chi connectivity index (χ2n) is 6.11. The van der Waals surface area contributed by atoms with E-state index >= 15 is 0 Å². The fourth-order valence-corrected chi connectivity index (χ4v) is 3.74. The van der Waals surface area contributed by atoms with Gasteiger partial charge in [0.2, 0.25) is 0 Å². The van der Waals surface area contributed by atoms with Crippen LogP contribution in [0.2, 0.25) is 0 Å². The minimum atomic E-state index is -1.10. The van der Waals surface area contributed by atoms with Crippen LogP contribution in [0.5, 0.6) is 0 Å². The zero-order valence-corrected chi connectivity index (χ0v) is 14.9. The molecule has 2 aromatic carbocycles. The molecule has 0 fully saturated rings. The van der Waals surface area contributed by atoms with Crippen LogP contribution in [0, 0.1) is 6.92 Å². The maximum absolute atomic E-state index is 12.9. The number of carbonyl (C=O) groups excluding carboxylic acids is 2. The van der Waals surface area contributed by atoms with Crippen molar-refractivity contribution in [2.45, 2.75) is 13.0 Å². The minimum absolute atomic E-state index is 0.289. The number of amides is 1. The maximum atomic E-state index is 12.9. The number of ketones is 1. The van der Waals surface area contributed by atoms with Gasteiger partial charge in [-0.15, -0.1) is 0 Å². The molecule has 0 saturated carbocycles. The van der Waals surface area contributed by atoms with Gasteiger partial charge in [0.15, 0.2) is 11.8 Å². The molecule has 1 aliphatic rings. The third kappa shape index (κ3) is 2.86. The number of nitrogens with zero attached hydrogens (tertiary/aromatic N) is 1. The highest BCUT2D eigenvalue weighted by atomic mass is 32.1. The molecule has 0 radical (unpaired) electrons. The third-order valence-corrected chi connectivity index (χ3v) is 5.06. The van der Waals surface area contributed by atoms with Gasteiger partial charge in [-0.1, -0.05) is 42.5 Å². The van der Waals surface area contributed by atoms with Crippen LogP contribution in [0.25, 0.3) is 0 Å². The molecule has 0 saturated heterocycles. The summed E-state index contributed by atoms with van der Waals surface area (Å²) in [6.45, 7) is 1.98. The smallest absolute Gasteiger partial charge is 0.257 e. The fraction of sp³-hybridized carbons (Fsp3) is 0.0952. The summed E-state index contributed by atoms with van der Waals surface area (Å²) in [6, 6.07) is 16.0. The van der Waals surface area contributed by atoms with E-state index < -0.39 is 11.9 Å². The van der Waals surface area contributed by atoms with Gasteiger partial charge in [0, 0.05) is 22.1 Å². The summed E-state index contributed by atoms with van der Waals surface area (Å²) in [7, 11) is 0. The number of hydrogen-bond acceptors (Lipinski definition) is 4. The highest BCUT2D eigenvalue weighted by molar-refractivity contribution is 7.08. The number of fused-ring (bicyclic) bond motifs is 1. The van der Waals surface area contributed by atoms with E-state index in [0.717, 1.165) is 16.7 Å². The van der Waals surface area contributed by atoms with Gasteiger partial charge >= 0.3 is 0 Å². The maximum Gasteiger partial charge on any atom is 0.257 e. The molecule has 0 bridgehead atoms.